The minimum absolute atomic E-state index is 0. The monoisotopic (exact) mass is 391 g/mol. The first kappa shape index (κ1) is 115. The number of hydrogen-bond donors (Lipinski definition) is 0. The molecule has 0 amide bonds. The van der Waals surface area contributed by atoms with Crippen LogP contribution in [0.2, 0.25) is 0 Å². The van der Waals surface area contributed by atoms with Crippen molar-refractivity contribution in [3.8, 4) is 0 Å². The van der Waals surface area contributed by atoms with Gasteiger partial charge in [0.25, 0.3) is 0 Å². The van der Waals surface area contributed by atoms with Gasteiger partial charge in [-0.15, -0.1) is 0 Å². The molecule has 123 valence electrons. The molecule has 1 aliphatic heterocycles. The Balaban J connectivity index is -0.00000000300. The van der Waals surface area contributed by atoms with E-state index < -0.39 is 0 Å². The van der Waals surface area contributed by atoms with Gasteiger partial charge >= 0.3 is 0 Å². The maximum absolute atomic E-state index is 1.39. The van der Waals surface area contributed by atoms with E-state index in [-0.39, 0.29) is 98.2 Å². The second-order valence-corrected chi connectivity index (χ2v) is 20.2. The van der Waals surface area contributed by atoms with E-state index in [2.05, 4.69) is 0 Å². The second kappa shape index (κ2) is 98.0. The summed E-state index contributed by atoms with van der Waals surface area (Å²) in [6.07, 6.45) is 0. The fourth-order valence-corrected chi connectivity index (χ4v) is 45.6. The Morgan fingerprint density at radius 1 is 0.389 bits per heavy atom. The van der Waals surface area contributed by atoms with Crippen molar-refractivity contribution in [1.29, 1.82) is 0 Å². The van der Waals surface area contributed by atoms with Crippen molar-refractivity contribution in [3.05, 3.63) is 81.7 Å². The first-order chi connectivity index (χ1) is 3.00. The molecule has 0 aliphatic carbocycles. The van der Waals surface area contributed by atoms with Crippen molar-refractivity contribution in [2.75, 3.05) is 0 Å². The van der Waals surface area contributed by atoms with E-state index in [1.165, 1.54) is 51.3 Å². The molecule has 0 unspecified atom stereocenters. The van der Waals surface area contributed by atoms with Gasteiger partial charge in [0.1, 0.15) is 0 Å². The zero-order valence-corrected chi connectivity index (χ0v) is 21.3. The van der Waals surface area contributed by atoms with E-state index in [0.29, 0.717) is 0 Å². The van der Waals surface area contributed by atoms with Gasteiger partial charge in [-0.3, -0.25) is 0 Å². The third-order valence-corrected chi connectivity index (χ3v) is 30.4. The van der Waals surface area contributed by atoms with Crippen molar-refractivity contribution in [2.45, 2.75) is 0 Å². The average Bonchev–Trinajstić information content (AvgIpc) is 1.72. The van der Waals surface area contributed by atoms with E-state index >= 15 is 0 Å². The molecule has 1 heterocycles. The van der Waals surface area contributed by atoms with Gasteiger partial charge in [-0.2, -0.15) is 0 Å². The first-order valence-corrected chi connectivity index (χ1v) is 13.5. The molecule has 0 aromatic heterocycles. The van der Waals surface area contributed by atoms with Crippen LogP contribution in [-0.2, 0) is 16.5 Å². The third kappa shape index (κ3) is 82.6. The maximum Gasteiger partial charge on any atom is 0 e. The van der Waals surface area contributed by atoms with Crippen LogP contribution in [0.4, 0.5) is 0 Å². The summed E-state index contributed by atoms with van der Waals surface area (Å²) in [5.74, 6) is 0. The standard InChI is InChI=1S/11CH3.Ni.Si6/c;;;;;;;;;;;;1-2-4-6-5-3-1/h11*1H3;;/q11*-1;;-1. The Morgan fingerprint density at radius 3 is 0.667 bits per heavy atom. The summed E-state index contributed by atoms with van der Waals surface area (Å²) < 4.78 is 0. The molecule has 0 N–H and O–H groups in total. The van der Waals surface area contributed by atoms with E-state index in [0.717, 1.165) is 0 Å². The molecule has 1 aliphatic rings. The number of rotatable bonds is 0. The molecule has 0 saturated carbocycles. The molecule has 18 heavy (non-hydrogen) atoms. The summed E-state index contributed by atoms with van der Waals surface area (Å²) in [6.45, 7) is 0. The van der Waals surface area contributed by atoms with Crippen LogP contribution in [0.5, 0.6) is 0 Å². The summed E-state index contributed by atoms with van der Waals surface area (Å²) in [5.41, 5.74) is 0. The van der Waals surface area contributed by atoms with Gasteiger partial charge in [0.15, 0.2) is 0 Å². The molecule has 0 atom stereocenters. The molecule has 0 bridgehead atoms. The molecule has 0 aromatic carbocycles. The largest absolute Gasteiger partial charge is 0.456 e. The second-order valence-electron chi connectivity index (χ2n) is 0.750. The van der Waals surface area contributed by atoms with Gasteiger partial charge in [0.05, 0.1) is 0 Å². The van der Waals surface area contributed by atoms with Crippen molar-refractivity contribution in [3.63, 3.8) is 0 Å². The van der Waals surface area contributed by atoms with Crippen molar-refractivity contribution < 1.29 is 16.5 Å². The van der Waals surface area contributed by atoms with Gasteiger partial charge < -0.3 is 90.2 Å². The van der Waals surface area contributed by atoms with Crippen LogP contribution < -0.4 is 0 Å². The normalized spacial score (nSPS) is 8.00. The molecule has 7 heteroatoms. The van der Waals surface area contributed by atoms with Gasteiger partial charge in [-0.1, -0.05) is 0 Å². The Labute approximate surface area is 149 Å². The van der Waals surface area contributed by atoms with Crippen LogP contribution in [0.3, 0.4) is 0 Å². The zero-order valence-electron chi connectivity index (χ0n) is 14.3. The summed E-state index contributed by atoms with van der Waals surface area (Å²) in [6, 6.07) is 0. The van der Waals surface area contributed by atoms with Crippen LogP contribution in [0.15, 0.2) is 0 Å². The fraction of sp³-hybridized carbons (Fsp3) is 0. The summed E-state index contributed by atoms with van der Waals surface area (Å²) in [7, 11) is 8.33. The number of hydrogen-bond acceptors (Lipinski definition) is 0. The van der Waals surface area contributed by atoms with E-state index in [1.807, 2.05) is 0 Å². The minimum atomic E-state index is 0. The van der Waals surface area contributed by atoms with Crippen molar-refractivity contribution in [2.24, 2.45) is 0 Å². The maximum atomic E-state index is 1.39. The zero-order chi connectivity index (χ0) is 4.24. The smallest absolute Gasteiger partial charge is 0 e. The molecule has 0 spiro atoms. The van der Waals surface area contributed by atoms with Crippen molar-refractivity contribution in [1.82, 2.24) is 0 Å². The molecular formula is C11H33NiSi6-12. The van der Waals surface area contributed by atoms with Crippen LogP contribution in [0, 0.1) is 81.7 Å². The Hall–Kier alpha value is 1.79. The van der Waals surface area contributed by atoms with E-state index in [9.17, 15) is 0 Å². The summed E-state index contributed by atoms with van der Waals surface area (Å²) in [5, 5.41) is 0. The van der Waals surface area contributed by atoms with Gasteiger partial charge in [-0.05, 0) is 25.7 Å². The Kier molecular flexibility index (Phi) is 626. The van der Waals surface area contributed by atoms with E-state index in [1.54, 1.807) is 0 Å². The topological polar surface area (TPSA) is 0 Å². The molecule has 1 fully saturated rings. The van der Waals surface area contributed by atoms with Crippen LogP contribution in [0.25, 0.3) is 0 Å². The van der Waals surface area contributed by atoms with Crippen LogP contribution in [-0.4, -0.2) is 51.3 Å². The quantitative estimate of drug-likeness (QED) is 0.439. The minimum Gasteiger partial charge on any atom is -0.456 e. The fourth-order valence-electron chi connectivity index (χ4n) is 0.188. The van der Waals surface area contributed by atoms with Gasteiger partial charge in [0, 0.05) is 16.5 Å². The Morgan fingerprint density at radius 2 is 0.611 bits per heavy atom. The average molecular weight is 393 g/mol. The van der Waals surface area contributed by atoms with E-state index in [4.69, 9.17) is 0 Å². The molecule has 1 rings (SSSR count). The summed E-state index contributed by atoms with van der Waals surface area (Å²) >= 11 is 0. The van der Waals surface area contributed by atoms with Crippen molar-refractivity contribution >= 4 is 51.3 Å². The first-order valence-electron chi connectivity index (χ1n) is 1.50. The summed E-state index contributed by atoms with van der Waals surface area (Å²) in [4.78, 5) is 0. The van der Waals surface area contributed by atoms with Gasteiger partial charge in [0.2, 0.25) is 0 Å². The molecule has 0 aromatic rings. The predicted octanol–water partition coefficient (Wildman–Crippen LogP) is 2.67. The van der Waals surface area contributed by atoms with Crippen LogP contribution in [0.1, 0.15) is 0 Å². The molecule has 11 radical (unpaired) electrons. The SMILES string of the molecule is [CH3-].[CH3-].[CH3-].[CH3-].[CH3-].[CH3-].[CH3-].[CH3-].[CH3-].[CH3-].[CH3-].[Ni].[Si]1[Si][Si][Si-][Si][Si]1. The van der Waals surface area contributed by atoms with Crippen LogP contribution >= 0.6 is 0 Å². The molecule has 0 nitrogen and oxygen atoms in total. The van der Waals surface area contributed by atoms with Gasteiger partial charge in [-0.25, -0.2) is 17.1 Å². The predicted molar refractivity (Wildman–Crippen MR) is 105 cm³/mol. The Bertz CT molecular complexity index is 37.0. The third-order valence-electron chi connectivity index (χ3n) is 0.375. The molecular weight excluding hydrogens is 359 g/mol. The molecule has 1 saturated heterocycles.